The van der Waals surface area contributed by atoms with Crippen molar-refractivity contribution in [2.45, 2.75) is 31.7 Å². The van der Waals surface area contributed by atoms with Gasteiger partial charge in [0.2, 0.25) is 0 Å². The van der Waals surface area contributed by atoms with Gasteiger partial charge in [0.05, 0.1) is 5.56 Å². The molecular formula is C13H13N3O2. The Morgan fingerprint density at radius 2 is 2.11 bits per heavy atom. The number of hydrogen-bond acceptors (Lipinski definition) is 4. The van der Waals surface area contributed by atoms with E-state index in [9.17, 15) is 9.59 Å². The van der Waals surface area contributed by atoms with Gasteiger partial charge in [-0.05, 0) is 25.0 Å². The summed E-state index contributed by atoms with van der Waals surface area (Å²) in [6.45, 7) is 0. The number of ketones is 1. The predicted octanol–water partition coefficient (Wildman–Crippen LogP) is 1.19. The summed E-state index contributed by atoms with van der Waals surface area (Å²) in [7, 11) is 0. The molecule has 0 aromatic carbocycles. The van der Waals surface area contributed by atoms with Crippen LogP contribution in [-0.2, 0) is 4.79 Å². The smallest absolute Gasteiger partial charge is 0.270 e. The summed E-state index contributed by atoms with van der Waals surface area (Å²) in [4.78, 5) is 26.9. The molecule has 1 fully saturated rings. The fraction of sp³-hybridized carbons (Fsp3) is 0.385. The van der Waals surface area contributed by atoms with Crippen LogP contribution >= 0.6 is 0 Å². The molecule has 0 radical (unpaired) electrons. The van der Waals surface area contributed by atoms with Gasteiger partial charge < -0.3 is 5.32 Å². The van der Waals surface area contributed by atoms with Crippen molar-refractivity contribution in [1.82, 2.24) is 10.3 Å². The Labute approximate surface area is 105 Å². The zero-order valence-corrected chi connectivity index (χ0v) is 9.85. The SMILES string of the molecule is N#Cc1ccc(C(=O)NC2CCC(=O)CC2)nc1. The standard InChI is InChI=1S/C13H13N3O2/c14-7-9-1-6-12(15-8-9)13(18)16-10-2-4-11(17)5-3-10/h1,6,8,10H,2-5H2,(H,16,18). The monoisotopic (exact) mass is 243 g/mol. The van der Waals surface area contributed by atoms with E-state index in [1.165, 1.54) is 12.3 Å². The van der Waals surface area contributed by atoms with Crippen molar-refractivity contribution >= 4 is 11.7 Å². The van der Waals surface area contributed by atoms with Crippen LogP contribution < -0.4 is 5.32 Å². The summed E-state index contributed by atoms with van der Waals surface area (Å²) >= 11 is 0. The first-order valence-electron chi connectivity index (χ1n) is 5.88. The van der Waals surface area contributed by atoms with Gasteiger partial charge in [0.15, 0.2) is 0 Å². The van der Waals surface area contributed by atoms with Crippen LogP contribution in [0.15, 0.2) is 18.3 Å². The second-order valence-electron chi connectivity index (χ2n) is 4.33. The zero-order valence-electron chi connectivity index (χ0n) is 9.85. The number of rotatable bonds is 2. The van der Waals surface area contributed by atoms with Crippen LogP contribution in [0.3, 0.4) is 0 Å². The fourth-order valence-electron chi connectivity index (χ4n) is 1.94. The maximum atomic E-state index is 11.9. The van der Waals surface area contributed by atoms with Crippen molar-refractivity contribution in [2.75, 3.05) is 0 Å². The van der Waals surface area contributed by atoms with Crippen LogP contribution in [0.1, 0.15) is 41.7 Å². The molecule has 0 saturated heterocycles. The molecule has 0 aliphatic heterocycles. The van der Waals surface area contributed by atoms with E-state index in [-0.39, 0.29) is 17.7 Å². The molecule has 1 heterocycles. The molecular weight excluding hydrogens is 230 g/mol. The van der Waals surface area contributed by atoms with Crippen LogP contribution in [0.25, 0.3) is 0 Å². The fourth-order valence-corrected chi connectivity index (χ4v) is 1.94. The minimum absolute atomic E-state index is 0.0487. The number of carbonyl (C=O) groups is 2. The lowest BCUT2D eigenvalue weighted by Gasteiger charge is -2.21. The number of amides is 1. The highest BCUT2D eigenvalue weighted by molar-refractivity contribution is 5.92. The number of aromatic nitrogens is 1. The van der Waals surface area contributed by atoms with Gasteiger partial charge >= 0.3 is 0 Å². The molecule has 5 nitrogen and oxygen atoms in total. The molecule has 18 heavy (non-hydrogen) atoms. The van der Waals surface area contributed by atoms with Crippen LogP contribution in [0, 0.1) is 11.3 Å². The number of nitrogens with zero attached hydrogens (tertiary/aromatic N) is 2. The number of nitrogens with one attached hydrogen (secondary N) is 1. The molecule has 1 amide bonds. The molecule has 0 atom stereocenters. The molecule has 92 valence electrons. The maximum Gasteiger partial charge on any atom is 0.270 e. The molecule has 0 spiro atoms. The minimum Gasteiger partial charge on any atom is -0.348 e. The first kappa shape index (κ1) is 12.2. The van der Waals surface area contributed by atoms with Gasteiger partial charge in [-0.1, -0.05) is 0 Å². The average Bonchev–Trinajstić information content (AvgIpc) is 2.41. The Kier molecular flexibility index (Phi) is 3.68. The van der Waals surface area contributed by atoms with E-state index in [1.54, 1.807) is 6.07 Å². The van der Waals surface area contributed by atoms with Gasteiger partial charge in [-0.3, -0.25) is 9.59 Å². The third kappa shape index (κ3) is 2.92. The first-order valence-corrected chi connectivity index (χ1v) is 5.88. The van der Waals surface area contributed by atoms with Gasteiger partial charge in [0.25, 0.3) is 5.91 Å². The van der Waals surface area contributed by atoms with Crippen molar-refractivity contribution in [3.63, 3.8) is 0 Å². The van der Waals surface area contributed by atoms with Gasteiger partial charge in [0, 0.05) is 25.1 Å². The lowest BCUT2D eigenvalue weighted by Crippen LogP contribution is -2.38. The highest BCUT2D eigenvalue weighted by Crippen LogP contribution is 2.15. The Morgan fingerprint density at radius 1 is 1.39 bits per heavy atom. The summed E-state index contributed by atoms with van der Waals surface area (Å²) in [5, 5.41) is 11.5. The molecule has 1 aromatic rings. The van der Waals surface area contributed by atoms with Crippen LogP contribution in [0.2, 0.25) is 0 Å². The van der Waals surface area contributed by atoms with Crippen molar-refractivity contribution in [3.8, 4) is 6.07 Å². The second kappa shape index (κ2) is 5.41. The van der Waals surface area contributed by atoms with Crippen molar-refractivity contribution in [2.24, 2.45) is 0 Å². The van der Waals surface area contributed by atoms with Gasteiger partial charge in [-0.15, -0.1) is 0 Å². The molecule has 0 unspecified atom stereocenters. The van der Waals surface area contributed by atoms with Crippen molar-refractivity contribution in [1.29, 1.82) is 5.26 Å². The van der Waals surface area contributed by atoms with Gasteiger partial charge in [0.1, 0.15) is 17.5 Å². The predicted molar refractivity (Wildman–Crippen MR) is 63.7 cm³/mol. The quantitative estimate of drug-likeness (QED) is 0.845. The van der Waals surface area contributed by atoms with Gasteiger partial charge in [-0.2, -0.15) is 5.26 Å². The van der Waals surface area contributed by atoms with Crippen LogP contribution in [-0.4, -0.2) is 22.7 Å². The summed E-state index contributed by atoms with van der Waals surface area (Å²) in [6, 6.07) is 5.09. The van der Waals surface area contributed by atoms with Gasteiger partial charge in [-0.25, -0.2) is 4.98 Å². The number of Topliss-reactive ketones (excluding diaryl/α,β-unsaturated/α-hetero) is 1. The van der Waals surface area contributed by atoms with Crippen LogP contribution in [0.4, 0.5) is 0 Å². The molecule has 1 aliphatic carbocycles. The maximum absolute atomic E-state index is 11.9. The van der Waals surface area contributed by atoms with E-state index < -0.39 is 0 Å². The summed E-state index contributed by atoms with van der Waals surface area (Å²) in [5.41, 5.74) is 0.723. The van der Waals surface area contributed by atoms with E-state index in [2.05, 4.69) is 10.3 Å². The van der Waals surface area contributed by atoms with E-state index in [0.717, 1.165) is 0 Å². The normalized spacial score (nSPS) is 16.1. The molecule has 1 aromatic heterocycles. The number of nitriles is 1. The molecule has 0 bridgehead atoms. The van der Waals surface area contributed by atoms with Crippen molar-refractivity contribution in [3.05, 3.63) is 29.6 Å². The first-order chi connectivity index (χ1) is 8.69. The minimum atomic E-state index is -0.251. The Morgan fingerprint density at radius 3 is 2.67 bits per heavy atom. The third-order valence-corrected chi connectivity index (χ3v) is 3.00. The summed E-state index contributed by atoms with van der Waals surface area (Å²) in [5.74, 6) is 0.0100. The highest BCUT2D eigenvalue weighted by Gasteiger charge is 2.21. The van der Waals surface area contributed by atoms with E-state index in [4.69, 9.17) is 5.26 Å². The zero-order chi connectivity index (χ0) is 13.0. The van der Waals surface area contributed by atoms with E-state index in [0.29, 0.717) is 36.9 Å². The highest BCUT2D eigenvalue weighted by atomic mass is 16.2. The van der Waals surface area contributed by atoms with E-state index in [1.807, 2.05) is 6.07 Å². The third-order valence-electron chi connectivity index (χ3n) is 3.00. The molecule has 1 aliphatic rings. The van der Waals surface area contributed by atoms with E-state index >= 15 is 0 Å². The van der Waals surface area contributed by atoms with Crippen molar-refractivity contribution < 1.29 is 9.59 Å². The number of pyridine rings is 1. The lowest BCUT2D eigenvalue weighted by molar-refractivity contribution is -0.120. The number of carbonyl (C=O) groups excluding carboxylic acids is 2. The number of hydrogen-bond donors (Lipinski definition) is 1. The largest absolute Gasteiger partial charge is 0.348 e. The summed E-state index contributed by atoms with van der Waals surface area (Å²) < 4.78 is 0. The molecule has 1 N–H and O–H groups in total. The lowest BCUT2D eigenvalue weighted by atomic mass is 9.94. The van der Waals surface area contributed by atoms with Crippen LogP contribution in [0.5, 0.6) is 0 Å². The molecule has 2 rings (SSSR count). The second-order valence-corrected chi connectivity index (χ2v) is 4.33. The Bertz CT molecular complexity index is 492. The summed E-state index contributed by atoms with van der Waals surface area (Å²) in [6.07, 6.45) is 3.83. The average molecular weight is 243 g/mol. The topological polar surface area (TPSA) is 82.9 Å². The Balaban J connectivity index is 1.95. The molecule has 1 saturated carbocycles. The Hall–Kier alpha value is -2.22. The molecule has 5 heteroatoms.